The van der Waals surface area contributed by atoms with Crippen molar-refractivity contribution in [1.29, 1.82) is 0 Å². The van der Waals surface area contributed by atoms with Gasteiger partial charge in [0.2, 0.25) is 17.7 Å². The Morgan fingerprint density at radius 1 is 1.23 bits per heavy atom. The minimum atomic E-state index is -0.0270. The molecule has 2 amide bonds. The normalized spacial score (nSPS) is 23.5. The molecule has 1 atom stereocenters. The molecule has 0 saturated carbocycles. The lowest BCUT2D eigenvalue weighted by Crippen LogP contribution is -2.42. The number of carbonyl (C=O) groups is 2. The average Bonchev–Trinajstić information content (AvgIpc) is 3.04. The molecule has 0 aromatic carbocycles. The summed E-state index contributed by atoms with van der Waals surface area (Å²) in [5.74, 6) is 1.83. The van der Waals surface area contributed by atoms with Gasteiger partial charge in [-0.05, 0) is 25.3 Å². The Kier molecular flexibility index (Phi) is 4.52. The molecule has 3 heterocycles. The first-order chi connectivity index (χ1) is 10.6. The van der Waals surface area contributed by atoms with E-state index in [0.717, 1.165) is 44.7 Å². The fraction of sp³-hybridized carbons (Fsp3) is 0.733. The van der Waals surface area contributed by atoms with Crippen LogP contribution >= 0.6 is 0 Å². The summed E-state index contributed by atoms with van der Waals surface area (Å²) in [7, 11) is 0. The van der Waals surface area contributed by atoms with Gasteiger partial charge in [-0.3, -0.25) is 14.5 Å². The van der Waals surface area contributed by atoms with E-state index in [0.29, 0.717) is 31.2 Å². The lowest BCUT2D eigenvalue weighted by molar-refractivity contribution is -0.138. The maximum absolute atomic E-state index is 11.6. The van der Waals surface area contributed by atoms with E-state index in [-0.39, 0.29) is 11.8 Å². The number of hydrogen-bond donors (Lipinski definition) is 0. The average molecular weight is 306 g/mol. The Hall–Kier alpha value is -1.76. The molecule has 1 aromatic heterocycles. The molecule has 120 valence electrons. The van der Waals surface area contributed by atoms with Crippen LogP contribution in [0, 0.1) is 12.8 Å². The van der Waals surface area contributed by atoms with Gasteiger partial charge in [0.05, 0.1) is 0 Å². The molecule has 22 heavy (non-hydrogen) atoms. The first-order valence-electron chi connectivity index (χ1n) is 7.96. The van der Waals surface area contributed by atoms with Gasteiger partial charge >= 0.3 is 0 Å². The van der Waals surface area contributed by atoms with E-state index >= 15 is 0 Å². The molecule has 2 fully saturated rings. The second-order valence-electron chi connectivity index (χ2n) is 6.18. The monoisotopic (exact) mass is 306 g/mol. The van der Waals surface area contributed by atoms with E-state index in [4.69, 9.17) is 4.52 Å². The SMILES string of the molecule is Cc1nc(C[C@@H]2CCCN(CCN3C(=O)CCC3=O)C2)no1. The number of hydrogen-bond acceptors (Lipinski definition) is 6. The molecule has 0 unspecified atom stereocenters. The first-order valence-corrected chi connectivity index (χ1v) is 7.96. The maximum Gasteiger partial charge on any atom is 0.229 e. The number of likely N-dealkylation sites (tertiary alicyclic amines) is 2. The zero-order valence-corrected chi connectivity index (χ0v) is 13.0. The Labute approximate surface area is 129 Å². The summed E-state index contributed by atoms with van der Waals surface area (Å²) in [5, 5.41) is 3.96. The van der Waals surface area contributed by atoms with Gasteiger partial charge in [-0.1, -0.05) is 5.16 Å². The van der Waals surface area contributed by atoms with E-state index in [1.165, 1.54) is 4.90 Å². The Balaban J connectivity index is 1.48. The van der Waals surface area contributed by atoms with Gasteiger partial charge in [-0.2, -0.15) is 4.98 Å². The van der Waals surface area contributed by atoms with Crippen molar-refractivity contribution in [3.05, 3.63) is 11.7 Å². The molecule has 2 aliphatic rings. The van der Waals surface area contributed by atoms with Crippen LogP contribution in [0.15, 0.2) is 4.52 Å². The third kappa shape index (κ3) is 3.52. The number of piperidine rings is 1. The molecular formula is C15H22N4O3. The molecule has 7 heteroatoms. The molecular weight excluding hydrogens is 284 g/mol. The highest BCUT2D eigenvalue weighted by molar-refractivity contribution is 6.01. The molecule has 1 aromatic rings. The molecule has 2 aliphatic heterocycles. The standard InChI is InChI=1S/C15H22N4O3/c1-11-16-13(17-22-11)9-12-3-2-6-18(10-12)7-8-19-14(20)4-5-15(19)21/h12H,2-10H2,1H3/t12-/m0/s1. The van der Waals surface area contributed by atoms with Gasteiger partial charge in [0.1, 0.15) is 0 Å². The molecule has 0 radical (unpaired) electrons. The second kappa shape index (κ2) is 6.56. The molecule has 2 saturated heterocycles. The Morgan fingerprint density at radius 2 is 2.00 bits per heavy atom. The predicted molar refractivity (Wildman–Crippen MR) is 77.9 cm³/mol. The fourth-order valence-electron chi connectivity index (χ4n) is 3.32. The molecule has 0 spiro atoms. The van der Waals surface area contributed by atoms with Crippen molar-refractivity contribution >= 4 is 11.8 Å². The van der Waals surface area contributed by atoms with Gasteiger partial charge in [0, 0.05) is 45.8 Å². The van der Waals surface area contributed by atoms with Crippen LogP contribution in [0.25, 0.3) is 0 Å². The lowest BCUT2D eigenvalue weighted by atomic mass is 9.94. The van der Waals surface area contributed by atoms with Crippen molar-refractivity contribution in [2.75, 3.05) is 26.2 Å². The van der Waals surface area contributed by atoms with Crippen molar-refractivity contribution in [3.63, 3.8) is 0 Å². The molecule has 0 bridgehead atoms. The topological polar surface area (TPSA) is 79.5 Å². The van der Waals surface area contributed by atoms with Crippen molar-refractivity contribution in [3.8, 4) is 0 Å². The highest BCUT2D eigenvalue weighted by Crippen LogP contribution is 2.20. The summed E-state index contributed by atoms with van der Waals surface area (Å²) in [4.78, 5) is 31.3. The smallest absolute Gasteiger partial charge is 0.229 e. The van der Waals surface area contributed by atoms with Crippen molar-refractivity contribution in [2.24, 2.45) is 5.92 Å². The predicted octanol–water partition coefficient (Wildman–Crippen LogP) is 0.782. The van der Waals surface area contributed by atoms with E-state index in [1.54, 1.807) is 6.92 Å². The summed E-state index contributed by atoms with van der Waals surface area (Å²) in [6.45, 7) is 5.07. The quantitative estimate of drug-likeness (QED) is 0.748. The van der Waals surface area contributed by atoms with E-state index in [1.807, 2.05) is 0 Å². The molecule has 0 N–H and O–H groups in total. The highest BCUT2D eigenvalue weighted by Gasteiger charge is 2.29. The number of rotatable bonds is 5. The van der Waals surface area contributed by atoms with E-state index in [2.05, 4.69) is 15.0 Å². The third-order valence-electron chi connectivity index (χ3n) is 4.44. The number of nitrogens with zero attached hydrogens (tertiary/aromatic N) is 4. The van der Waals surface area contributed by atoms with Gasteiger partial charge < -0.3 is 9.42 Å². The van der Waals surface area contributed by atoms with Crippen LogP contribution in [0.5, 0.6) is 0 Å². The van der Waals surface area contributed by atoms with E-state index in [9.17, 15) is 9.59 Å². The van der Waals surface area contributed by atoms with Crippen LogP contribution in [-0.4, -0.2) is 57.9 Å². The molecule has 3 rings (SSSR count). The van der Waals surface area contributed by atoms with E-state index < -0.39 is 0 Å². The number of carbonyl (C=O) groups excluding carboxylic acids is 2. The van der Waals surface area contributed by atoms with Gasteiger partial charge in [0.15, 0.2) is 5.82 Å². The van der Waals surface area contributed by atoms with Crippen LogP contribution in [-0.2, 0) is 16.0 Å². The number of aryl methyl sites for hydroxylation is 1. The minimum Gasteiger partial charge on any atom is -0.340 e. The van der Waals surface area contributed by atoms with Gasteiger partial charge in [0.25, 0.3) is 0 Å². The van der Waals surface area contributed by atoms with Crippen LogP contribution in [0.4, 0.5) is 0 Å². The van der Waals surface area contributed by atoms with Crippen molar-refractivity contribution < 1.29 is 14.1 Å². The summed E-state index contributed by atoms with van der Waals surface area (Å²) in [6, 6.07) is 0. The largest absolute Gasteiger partial charge is 0.340 e. The number of amides is 2. The number of aromatic nitrogens is 2. The zero-order chi connectivity index (χ0) is 15.5. The van der Waals surface area contributed by atoms with Crippen molar-refractivity contribution in [1.82, 2.24) is 19.9 Å². The second-order valence-corrected chi connectivity index (χ2v) is 6.18. The maximum atomic E-state index is 11.6. The fourth-order valence-corrected chi connectivity index (χ4v) is 3.32. The lowest BCUT2D eigenvalue weighted by Gasteiger charge is -2.33. The third-order valence-corrected chi connectivity index (χ3v) is 4.44. The van der Waals surface area contributed by atoms with Crippen LogP contribution in [0.2, 0.25) is 0 Å². The van der Waals surface area contributed by atoms with Crippen LogP contribution in [0.1, 0.15) is 37.4 Å². The minimum absolute atomic E-state index is 0.0270. The molecule has 7 nitrogen and oxygen atoms in total. The number of imide groups is 1. The zero-order valence-electron chi connectivity index (χ0n) is 13.0. The summed E-state index contributed by atoms with van der Waals surface area (Å²) < 4.78 is 5.02. The highest BCUT2D eigenvalue weighted by atomic mass is 16.5. The summed E-state index contributed by atoms with van der Waals surface area (Å²) in [5.41, 5.74) is 0. The first kappa shape index (κ1) is 15.1. The Bertz CT molecular complexity index is 541. The summed E-state index contributed by atoms with van der Waals surface area (Å²) in [6.07, 6.45) is 3.86. The van der Waals surface area contributed by atoms with Gasteiger partial charge in [-0.25, -0.2) is 0 Å². The summed E-state index contributed by atoms with van der Waals surface area (Å²) >= 11 is 0. The molecule has 0 aliphatic carbocycles. The van der Waals surface area contributed by atoms with Crippen LogP contribution in [0.3, 0.4) is 0 Å². The van der Waals surface area contributed by atoms with Gasteiger partial charge in [-0.15, -0.1) is 0 Å². The van der Waals surface area contributed by atoms with Crippen molar-refractivity contribution in [2.45, 2.75) is 39.0 Å². The van der Waals surface area contributed by atoms with Crippen LogP contribution < -0.4 is 0 Å². The Morgan fingerprint density at radius 3 is 2.68 bits per heavy atom.